The lowest BCUT2D eigenvalue weighted by Crippen LogP contribution is -2.22. The molecule has 1 unspecified atom stereocenters. The second-order valence-corrected chi connectivity index (χ2v) is 4.39. The summed E-state index contributed by atoms with van der Waals surface area (Å²) < 4.78 is 16.0. The van der Waals surface area contributed by atoms with Crippen molar-refractivity contribution in [1.82, 2.24) is 10.1 Å². The highest BCUT2D eigenvalue weighted by Gasteiger charge is 2.22. The minimum atomic E-state index is -0.287. The average Bonchev–Trinajstić information content (AvgIpc) is 2.93. The van der Waals surface area contributed by atoms with Gasteiger partial charge in [0.05, 0.1) is 19.8 Å². The molecule has 0 aliphatic carbocycles. The highest BCUT2D eigenvalue weighted by atomic mass is 16.6. The van der Waals surface area contributed by atoms with Gasteiger partial charge in [-0.3, -0.25) is 0 Å². The van der Waals surface area contributed by atoms with Gasteiger partial charge in [-0.2, -0.15) is 4.98 Å². The van der Waals surface area contributed by atoms with Crippen molar-refractivity contribution in [1.29, 1.82) is 0 Å². The highest BCUT2D eigenvalue weighted by molar-refractivity contribution is 5.57. The molecule has 3 rings (SSSR count). The molecule has 6 nitrogen and oxygen atoms in total. The number of aryl methyl sites for hydroxylation is 1. The maximum Gasteiger partial charge on any atom is 0.258 e. The van der Waals surface area contributed by atoms with Gasteiger partial charge in [-0.1, -0.05) is 11.2 Å². The van der Waals surface area contributed by atoms with Gasteiger partial charge in [-0.05, 0) is 24.6 Å². The Labute approximate surface area is 110 Å². The summed E-state index contributed by atoms with van der Waals surface area (Å²) in [6.45, 7) is 3.37. The van der Waals surface area contributed by atoms with E-state index in [1.807, 2.05) is 13.0 Å². The first-order valence-electron chi connectivity index (χ1n) is 6.07. The lowest BCUT2D eigenvalue weighted by Gasteiger charge is -2.19. The van der Waals surface area contributed by atoms with E-state index in [0.29, 0.717) is 37.1 Å². The number of nitrogens with zero attached hydrogens (tertiary/aromatic N) is 2. The fourth-order valence-corrected chi connectivity index (χ4v) is 1.86. The van der Waals surface area contributed by atoms with Crippen molar-refractivity contribution in [2.24, 2.45) is 0 Å². The molecular weight excluding hydrogens is 248 g/mol. The smallest absolute Gasteiger partial charge is 0.258 e. The number of ether oxygens (including phenoxy) is 2. The first-order chi connectivity index (χ1) is 9.24. The number of phenolic OH excluding ortho intramolecular Hbond substituents is 1. The Kier molecular flexibility index (Phi) is 3.18. The quantitative estimate of drug-likeness (QED) is 0.889. The number of hydrogen-bond acceptors (Lipinski definition) is 6. The molecule has 1 atom stereocenters. The summed E-state index contributed by atoms with van der Waals surface area (Å²) in [7, 11) is 0. The zero-order valence-corrected chi connectivity index (χ0v) is 10.5. The van der Waals surface area contributed by atoms with Gasteiger partial charge in [0.15, 0.2) is 0 Å². The monoisotopic (exact) mass is 262 g/mol. The standard InChI is InChI=1S/C13H14N2O4/c1-8-2-3-9(6-10(8)16)13-14-12(15-19-13)11-7-17-4-5-18-11/h2-3,6,11,16H,4-5,7H2,1H3. The third-order valence-electron chi connectivity index (χ3n) is 3.00. The lowest BCUT2D eigenvalue weighted by molar-refractivity contribution is -0.0941. The Bertz CT molecular complexity index is 576. The van der Waals surface area contributed by atoms with Gasteiger partial charge in [0.1, 0.15) is 11.9 Å². The predicted octanol–water partition coefficient (Wildman–Crippen LogP) is 1.84. The van der Waals surface area contributed by atoms with E-state index in [-0.39, 0.29) is 11.9 Å². The summed E-state index contributed by atoms with van der Waals surface area (Å²) in [4.78, 5) is 4.28. The molecule has 19 heavy (non-hydrogen) atoms. The van der Waals surface area contributed by atoms with Crippen LogP contribution in [0.3, 0.4) is 0 Å². The molecule has 1 fully saturated rings. The Hall–Kier alpha value is -1.92. The molecule has 1 aromatic carbocycles. The second-order valence-electron chi connectivity index (χ2n) is 4.39. The highest BCUT2D eigenvalue weighted by Crippen LogP contribution is 2.26. The van der Waals surface area contributed by atoms with Crippen LogP contribution in [0.4, 0.5) is 0 Å². The number of benzene rings is 1. The van der Waals surface area contributed by atoms with Crippen LogP contribution in [0.25, 0.3) is 11.5 Å². The van der Waals surface area contributed by atoms with Crippen LogP contribution >= 0.6 is 0 Å². The number of aromatic hydroxyl groups is 1. The largest absolute Gasteiger partial charge is 0.508 e. The second kappa shape index (κ2) is 4.99. The molecule has 2 heterocycles. The zero-order chi connectivity index (χ0) is 13.2. The molecule has 0 amide bonds. The van der Waals surface area contributed by atoms with Crippen molar-refractivity contribution in [3.8, 4) is 17.2 Å². The molecule has 1 aliphatic rings. The van der Waals surface area contributed by atoms with Crippen molar-refractivity contribution >= 4 is 0 Å². The van der Waals surface area contributed by atoms with Crippen molar-refractivity contribution < 1.29 is 19.1 Å². The number of aromatic nitrogens is 2. The van der Waals surface area contributed by atoms with Crippen molar-refractivity contribution in [3.63, 3.8) is 0 Å². The molecule has 0 bridgehead atoms. The van der Waals surface area contributed by atoms with Crippen molar-refractivity contribution in [2.75, 3.05) is 19.8 Å². The Morgan fingerprint density at radius 1 is 1.32 bits per heavy atom. The number of rotatable bonds is 2. The van der Waals surface area contributed by atoms with Crippen LogP contribution in [-0.4, -0.2) is 35.1 Å². The first kappa shape index (κ1) is 12.1. The van der Waals surface area contributed by atoms with Gasteiger partial charge in [0.2, 0.25) is 5.82 Å². The Morgan fingerprint density at radius 3 is 2.95 bits per heavy atom. The number of hydrogen-bond donors (Lipinski definition) is 1. The normalized spacial score (nSPS) is 19.5. The zero-order valence-electron chi connectivity index (χ0n) is 10.5. The van der Waals surface area contributed by atoms with Crippen LogP contribution in [0.15, 0.2) is 22.7 Å². The lowest BCUT2D eigenvalue weighted by atomic mass is 10.1. The van der Waals surface area contributed by atoms with Crippen LogP contribution in [0.2, 0.25) is 0 Å². The minimum absolute atomic E-state index is 0.203. The van der Waals surface area contributed by atoms with E-state index in [1.54, 1.807) is 12.1 Å². The van der Waals surface area contributed by atoms with E-state index in [9.17, 15) is 5.11 Å². The molecule has 0 spiro atoms. The van der Waals surface area contributed by atoms with E-state index in [0.717, 1.165) is 5.56 Å². The van der Waals surface area contributed by atoms with Gasteiger partial charge >= 0.3 is 0 Å². The molecule has 6 heteroatoms. The minimum Gasteiger partial charge on any atom is -0.508 e. The van der Waals surface area contributed by atoms with Crippen molar-refractivity contribution in [3.05, 3.63) is 29.6 Å². The fourth-order valence-electron chi connectivity index (χ4n) is 1.86. The molecule has 1 saturated heterocycles. The summed E-state index contributed by atoms with van der Waals surface area (Å²) in [5, 5.41) is 13.6. The maximum atomic E-state index is 9.68. The third-order valence-corrected chi connectivity index (χ3v) is 3.00. The topological polar surface area (TPSA) is 77.6 Å². The van der Waals surface area contributed by atoms with Crippen LogP contribution in [0.5, 0.6) is 5.75 Å². The van der Waals surface area contributed by atoms with Crippen molar-refractivity contribution in [2.45, 2.75) is 13.0 Å². The summed E-state index contributed by atoms with van der Waals surface area (Å²) >= 11 is 0. The fraction of sp³-hybridized carbons (Fsp3) is 0.385. The van der Waals surface area contributed by atoms with E-state index in [1.165, 1.54) is 0 Å². The SMILES string of the molecule is Cc1ccc(-c2nc(C3COCCO3)no2)cc1O. The summed E-state index contributed by atoms with van der Waals surface area (Å²) in [5.41, 5.74) is 1.48. The van der Waals surface area contributed by atoms with Gasteiger partial charge in [-0.25, -0.2) is 0 Å². The van der Waals surface area contributed by atoms with E-state index < -0.39 is 0 Å². The van der Waals surface area contributed by atoms with Gasteiger partial charge < -0.3 is 19.1 Å². The van der Waals surface area contributed by atoms with Gasteiger partial charge in [-0.15, -0.1) is 0 Å². The molecule has 0 radical (unpaired) electrons. The summed E-state index contributed by atoms with van der Waals surface area (Å²) in [6, 6.07) is 5.23. The molecular formula is C13H14N2O4. The summed E-state index contributed by atoms with van der Waals surface area (Å²) in [5.74, 6) is 1.03. The van der Waals surface area contributed by atoms with Crippen LogP contribution in [-0.2, 0) is 9.47 Å². The third kappa shape index (κ3) is 2.45. The van der Waals surface area contributed by atoms with Crippen LogP contribution in [0, 0.1) is 6.92 Å². The Balaban J connectivity index is 1.85. The Morgan fingerprint density at radius 2 is 2.21 bits per heavy atom. The van der Waals surface area contributed by atoms with Crippen LogP contribution in [0.1, 0.15) is 17.5 Å². The predicted molar refractivity (Wildman–Crippen MR) is 65.6 cm³/mol. The molecule has 1 aromatic heterocycles. The summed E-state index contributed by atoms with van der Waals surface area (Å²) in [6.07, 6.45) is -0.287. The molecule has 2 aromatic rings. The average molecular weight is 262 g/mol. The van der Waals surface area contributed by atoms with E-state index in [4.69, 9.17) is 14.0 Å². The molecule has 100 valence electrons. The molecule has 1 aliphatic heterocycles. The molecule has 0 saturated carbocycles. The van der Waals surface area contributed by atoms with Gasteiger partial charge in [0.25, 0.3) is 5.89 Å². The van der Waals surface area contributed by atoms with E-state index in [2.05, 4.69) is 10.1 Å². The first-order valence-corrected chi connectivity index (χ1v) is 6.07. The van der Waals surface area contributed by atoms with Crippen LogP contribution < -0.4 is 0 Å². The molecule has 1 N–H and O–H groups in total. The number of phenols is 1. The van der Waals surface area contributed by atoms with Gasteiger partial charge in [0, 0.05) is 5.56 Å². The maximum absolute atomic E-state index is 9.68. The van der Waals surface area contributed by atoms with E-state index >= 15 is 0 Å².